The number of rotatable bonds is 3. The molecule has 3 heteroatoms. The van der Waals surface area contributed by atoms with Crippen LogP contribution in [0.3, 0.4) is 0 Å². The molecule has 2 nitrogen and oxygen atoms in total. The van der Waals surface area contributed by atoms with E-state index in [4.69, 9.17) is 9.97 Å². The lowest BCUT2D eigenvalue weighted by Crippen LogP contribution is -2.49. The first kappa shape index (κ1) is 30.2. The summed E-state index contributed by atoms with van der Waals surface area (Å²) in [7, 11) is -1.74. The lowest BCUT2D eigenvalue weighted by Gasteiger charge is -2.19. The summed E-state index contributed by atoms with van der Waals surface area (Å²) in [6, 6.07) is 62.2. The summed E-state index contributed by atoms with van der Waals surface area (Å²) in [5.41, 5.74) is 11.3. The molecule has 2 aromatic heterocycles. The van der Waals surface area contributed by atoms with Crippen LogP contribution < -0.4 is 10.4 Å². The van der Waals surface area contributed by atoms with Crippen molar-refractivity contribution in [3.8, 4) is 44.8 Å². The quantitative estimate of drug-likeness (QED) is 0.105. The van der Waals surface area contributed by atoms with Crippen LogP contribution in [0.2, 0.25) is 13.1 Å². The molecule has 0 aliphatic carbocycles. The zero-order valence-electron chi connectivity index (χ0n) is 29.6. The van der Waals surface area contributed by atoms with Crippen molar-refractivity contribution in [2.45, 2.75) is 13.1 Å². The Kier molecular flexibility index (Phi) is 6.44. The van der Waals surface area contributed by atoms with Crippen molar-refractivity contribution in [1.82, 2.24) is 9.97 Å². The summed E-state index contributed by atoms with van der Waals surface area (Å²) in [6.45, 7) is 4.97. The van der Waals surface area contributed by atoms with Gasteiger partial charge in [-0.05, 0) is 95.3 Å². The van der Waals surface area contributed by atoms with Gasteiger partial charge in [-0.2, -0.15) is 0 Å². The second kappa shape index (κ2) is 11.3. The second-order valence-electron chi connectivity index (χ2n) is 15.0. The van der Waals surface area contributed by atoms with Crippen molar-refractivity contribution in [2.24, 2.45) is 0 Å². The van der Waals surface area contributed by atoms with E-state index in [2.05, 4.69) is 177 Å². The average Bonchev–Trinajstić information content (AvgIpc) is 3.45. The molecule has 0 bridgehead atoms. The summed E-state index contributed by atoms with van der Waals surface area (Å²) in [5.74, 6) is 0. The number of hydrogen-bond acceptors (Lipinski definition) is 2. The van der Waals surface area contributed by atoms with Crippen molar-refractivity contribution < 1.29 is 0 Å². The predicted octanol–water partition coefficient (Wildman–Crippen LogP) is 12.0. The maximum absolute atomic E-state index is 5.39. The lowest BCUT2D eigenvalue weighted by atomic mass is 9.90. The van der Waals surface area contributed by atoms with Gasteiger partial charge < -0.3 is 0 Å². The van der Waals surface area contributed by atoms with Gasteiger partial charge in [0.05, 0.1) is 22.4 Å². The van der Waals surface area contributed by atoms with Gasteiger partial charge in [0.1, 0.15) is 8.07 Å². The molecule has 248 valence electrons. The Bertz CT molecular complexity index is 3140. The maximum Gasteiger partial charge on any atom is 0.113 e. The molecular formula is C50H34N2Si. The van der Waals surface area contributed by atoms with Crippen LogP contribution in [0.1, 0.15) is 0 Å². The van der Waals surface area contributed by atoms with E-state index in [-0.39, 0.29) is 0 Å². The van der Waals surface area contributed by atoms with Crippen LogP contribution in [-0.4, -0.2) is 18.0 Å². The zero-order valence-corrected chi connectivity index (χ0v) is 30.6. The first-order valence-electron chi connectivity index (χ1n) is 18.4. The maximum atomic E-state index is 5.39. The van der Waals surface area contributed by atoms with Crippen molar-refractivity contribution in [1.29, 1.82) is 0 Å². The van der Waals surface area contributed by atoms with Crippen LogP contribution in [0, 0.1) is 0 Å². The fourth-order valence-corrected chi connectivity index (χ4v) is 12.0. The van der Waals surface area contributed by atoms with E-state index in [0.717, 1.165) is 44.3 Å². The molecule has 1 aliphatic rings. The van der Waals surface area contributed by atoms with E-state index in [1.165, 1.54) is 54.6 Å². The molecule has 0 amide bonds. The fourth-order valence-electron chi connectivity index (χ4n) is 8.89. The van der Waals surface area contributed by atoms with Crippen LogP contribution in [0.25, 0.3) is 98.9 Å². The summed E-state index contributed by atoms with van der Waals surface area (Å²) in [4.78, 5) is 10.6. The minimum atomic E-state index is -1.74. The largest absolute Gasteiger partial charge is 0.245 e. The van der Waals surface area contributed by atoms with Crippen LogP contribution in [0.4, 0.5) is 0 Å². The van der Waals surface area contributed by atoms with E-state index in [1.54, 1.807) is 10.4 Å². The van der Waals surface area contributed by atoms with E-state index < -0.39 is 8.07 Å². The molecule has 10 aromatic rings. The van der Waals surface area contributed by atoms with Gasteiger partial charge in [0, 0.05) is 21.9 Å². The Morgan fingerprint density at radius 3 is 1.74 bits per heavy atom. The van der Waals surface area contributed by atoms with Gasteiger partial charge in [0.15, 0.2) is 0 Å². The Morgan fingerprint density at radius 1 is 0.358 bits per heavy atom. The molecule has 8 aromatic carbocycles. The van der Waals surface area contributed by atoms with Gasteiger partial charge in [-0.3, -0.25) is 0 Å². The lowest BCUT2D eigenvalue weighted by molar-refractivity contribution is 1.37. The van der Waals surface area contributed by atoms with Crippen molar-refractivity contribution in [2.75, 3.05) is 0 Å². The van der Waals surface area contributed by atoms with Gasteiger partial charge in [0.25, 0.3) is 0 Å². The highest BCUT2D eigenvalue weighted by molar-refractivity contribution is 7.04. The zero-order chi connectivity index (χ0) is 35.3. The van der Waals surface area contributed by atoms with Gasteiger partial charge in [0.2, 0.25) is 0 Å². The Hall–Kier alpha value is -6.42. The third-order valence-corrected chi connectivity index (χ3v) is 15.2. The normalized spacial score (nSPS) is 13.2. The Morgan fingerprint density at radius 2 is 0.962 bits per heavy atom. The van der Waals surface area contributed by atoms with Crippen molar-refractivity contribution in [3.05, 3.63) is 170 Å². The number of benzene rings is 8. The highest BCUT2D eigenvalue weighted by Crippen LogP contribution is 2.41. The molecule has 1 aliphatic heterocycles. The molecule has 53 heavy (non-hydrogen) atoms. The molecule has 11 rings (SSSR count). The van der Waals surface area contributed by atoms with Crippen LogP contribution >= 0.6 is 0 Å². The fraction of sp³-hybridized carbons (Fsp3) is 0.0400. The van der Waals surface area contributed by atoms with E-state index in [9.17, 15) is 0 Å². The molecule has 0 saturated heterocycles. The highest BCUT2D eigenvalue weighted by atomic mass is 28.3. The number of hydrogen-bond donors (Lipinski definition) is 0. The predicted molar refractivity (Wildman–Crippen MR) is 228 cm³/mol. The van der Waals surface area contributed by atoms with Gasteiger partial charge in [-0.15, -0.1) is 0 Å². The van der Waals surface area contributed by atoms with Gasteiger partial charge >= 0.3 is 0 Å². The number of fused-ring (bicyclic) bond motifs is 10. The second-order valence-corrected chi connectivity index (χ2v) is 19.3. The summed E-state index contributed by atoms with van der Waals surface area (Å²) in [6.07, 6.45) is 0. The van der Waals surface area contributed by atoms with Crippen LogP contribution in [0.15, 0.2) is 170 Å². The molecule has 0 fully saturated rings. The standard InChI is InChI=1S/C50H34N2Si/c1-53(2)46-15-9-8-14-41(46)48-39-22-18-36(28-37(39)21-27-47(48)53)38-23-24-40(43-30-35-13-7-6-12-34(35)29-42(38)43)45-26-20-33-17-16-32-19-25-44(31-10-4-3-5-11-31)51-49(32)50(33)52-45/h3-30H,1-2H3. The minimum Gasteiger partial charge on any atom is -0.245 e. The topological polar surface area (TPSA) is 25.8 Å². The molecule has 0 saturated carbocycles. The highest BCUT2D eigenvalue weighted by Gasteiger charge is 2.37. The van der Waals surface area contributed by atoms with Crippen molar-refractivity contribution >= 4 is 72.6 Å². The third-order valence-electron chi connectivity index (χ3n) is 11.6. The molecule has 0 unspecified atom stereocenters. The SMILES string of the molecule is C[Si]1(C)c2ccccc2-c2c1ccc1cc(-c3ccc(-c4ccc5ccc6ccc(-c7ccccc7)nc6c5n4)c4cc5ccccc5cc34)ccc21. The Balaban J connectivity index is 1.11. The van der Waals surface area contributed by atoms with E-state index >= 15 is 0 Å². The first-order valence-corrected chi connectivity index (χ1v) is 21.4. The molecule has 0 spiro atoms. The van der Waals surface area contributed by atoms with E-state index in [0.29, 0.717) is 0 Å². The molecule has 0 atom stereocenters. The van der Waals surface area contributed by atoms with E-state index in [1.807, 2.05) is 6.07 Å². The summed E-state index contributed by atoms with van der Waals surface area (Å²) < 4.78 is 0. The summed E-state index contributed by atoms with van der Waals surface area (Å²) >= 11 is 0. The van der Waals surface area contributed by atoms with Crippen LogP contribution in [0.5, 0.6) is 0 Å². The first-order chi connectivity index (χ1) is 26.0. The van der Waals surface area contributed by atoms with Gasteiger partial charge in [-0.25, -0.2) is 9.97 Å². The smallest absolute Gasteiger partial charge is 0.113 e. The number of pyridine rings is 2. The monoisotopic (exact) mass is 690 g/mol. The molecule has 0 radical (unpaired) electrons. The molecule has 3 heterocycles. The minimum absolute atomic E-state index is 0.922. The number of nitrogens with zero attached hydrogens (tertiary/aromatic N) is 2. The summed E-state index contributed by atoms with van der Waals surface area (Å²) in [5, 5.41) is 12.8. The average molecular weight is 691 g/mol. The van der Waals surface area contributed by atoms with Crippen molar-refractivity contribution in [3.63, 3.8) is 0 Å². The van der Waals surface area contributed by atoms with Crippen LogP contribution in [-0.2, 0) is 0 Å². The third kappa shape index (κ3) is 4.57. The van der Waals surface area contributed by atoms with Gasteiger partial charge in [-0.1, -0.05) is 153 Å². The molecule has 0 N–H and O–H groups in total. The Labute approximate surface area is 309 Å². The number of aromatic nitrogens is 2. The molecular weight excluding hydrogens is 657 g/mol.